The average Bonchev–Trinajstić information content (AvgIpc) is 2.45. The molecule has 0 aliphatic carbocycles. The molecule has 0 radical (unpaired) electrons. The predicted octanol–water partition coefficient (Wildman–Crippen LogP) is 4.53. The van der Waals surface area contributed by atoms with Crippen LogP contribution < -0.4 is 15.2 Å². The van der Waals surface area contributed by atoms with Gasteiger partial charge in [0, 0.05) is 34.1 Å². The van der Waals surface area contributed by atoms with Gasteiger partial charge in [-0.05, 0) is 29.8 Å². The van der Waals surface area contributed by atoms with Crippen molar-refractivity contribution in [3.05, 3.63) is 57.6 Å². The first kappa shape index (κ1) is 14.5. The van der Waals surface area contributed by atoms with Gasteiger partial charge >= 0.3 is 0 Å². The number of halogens is 2. The van der Waals surface area contributed by atoms with Crippen LogP contribution in [0.5, 0.6) is 11.5 Å². The molecule has 2 unspecified atom stereocenters. The van der Waals surface area contributed by atoms with Crippen molar-refractivity contribution in [1.82, 2.24) is 0 Å². The SMILES string of the molecule is COc1ccc2c(c1)OC(c1cc(Cl)cc(Cl)c1)CC2N. The van der Waals surface area contributed by atoms with Gasteiger partial charge in [0.05, 0.1) is 7.11 Å². The minimum Gasteiger partial charge on any atom is -0.497 e. The van der Waals surface area contributed by atoms with Crippen molar-refractivity contribution in [2.75, 3.05) is 7.11 Å². The molecule has 0 fully saturated rings. The highest BCUT2D eigenvalue weighted by molar-refractivity contribution is 6.34. The highest BCUT2D eigenvalue weighted by Crippen LogP contribution is 2.42. The summed E-state index contributed by atoms with van der Waals surface area (Å²) in [4.78, 5) is 0. The zero-order chi connectivity index (χ0) is 15.0. The van der Waals surface area contributed by atoms with Crippen molar-refractivity contribution in [2.45, 2.75) is 18.6 Å². The molecule has 0 spiro atoms. The minimum atomic E-state index is -0.171. The number of hydrogen-bond donors (Lipinski definition) is 1. The molecular weight excluding hydrogens is 309 g/mol. The summed E-state index contributed by atoms with van der Waals surface area (Å²) in [5, 5.41) is 1.18. The molecule has 0 amide bonds. The van der Waals surface area contributed by atoms with Crippen LogP contribution in [0.15, 0.2) is 36.4 Å². The van der Waals surface area contributed by atoms with E-state index in [-0.39, 0.29) is 12.1 Å². The highest BCUT2D eigenvalue weighted by atomic mass is 35.5. The number of nitrogens with two attached hydrogens (primary N) is 1. The number of rotatable bonds is 2. The van der Waals surface area contributed by atoms with E-state index in [2.05, 4.69) is 0 Å². The van der Waals surface area contributed by atoms with Gasteiger partial charge in [0.1, 0.15) is 17.6 Å². The van der Waals surface area contributed by atoms with Gasteiger partial charge in [0.25, 0.3) is 0 Å². The van der Waals surface area contributed by atoms with E-state index >= 15 is 0 Å². The molecule has 5 heteroatoms. The Hall–Kier alpha value is -1.42. The molecule has 1 aliphatic rings. The molecule has 1 heterocycles. The van der Waals surface area contributed by atoms with E-state index in [1.807, 2.05) is 30.3 Å². The van der Waals surface area contributed by atoms with Gasteiger partial charge in [-0.2, -0.15) is 0 Å². The Morgan fingerprint density at radius 3 is 2.52 bits per heavy atom. The maximum absolute atomic E-state index is 6.25. The number of hydrogen-bond acceptors (Lipinski definition) is 3. The zero-order valence-electron chi connectivity index (χ0n) is 11.5. The highest BCUT2D eigenvalue weighted by Gasteiger charge is 2.27. The van der Waals surface area contributed by atoms with Gasteiger partial charge in [-0.1, -0.05) is 29.3 Å². The number of benzene rings is 2. The Morgan fingerprint density at radius 2 is 1.86 bits per heavy atom. The summed E-state index contributed by atoms with van der Waals surface area (Å²) in [5.74, 6) is 1.49. The van der Waals surface area contributed by atoms with Crippen LogP contribution in [0.4, 0.5) is 0 Å². The Morgan fingerprint density at radius 1 is 1.14 bits per heavy atom. The normalized spacial score (nSPS) is 20.6. The zero-order valence-corrected chi connectivity index (χ0v) is 13.0. The van der Waals surface area contributed by atoms with Crippen LogP contribution in [0.3, 0.4) is 0 Å². The average molecular weight is 324 g/mol. The molecule has 110 valence electrons. The molecular formula is C16H15Cl2NO2. The van der Waals surface area contributed by atoms with E-state index in [0.29, 0.717) is 16.5 Å². The summed E-state index contributed by atoms with van der Waals surface area (Å²) in [6.07, 6.45) is 0.506. The Balaban J connectivity index is 1.96. The fourth-order valence-corrected chi connectivity index (χ4v) is 3.12. The molecule has 21 heavy (non-hydrogen) atoms. The lowest BCUT2D eigenvalue weighted by Gasteiger charge is -2.31. The lowest BCUT2D eigenvalue weighted by molar-refractivity contribution is 0.161. The fraction of sp³-hybridized carbons (Fsp3) is 0.250. The Bertz CT molecular complexity index is 655. The predicted molar refractivity (Wildman–Crippen MR) is 84.4 cm³/mol. The van der Waals surface area contributed by atoms with Gasteiger partial charge in [-0.3, -0.25) is 0 Å². The fourth-order valence-electron chi connectivity index (χ4n) is 2.57. The third-order valence-corrected chi connectivity index (χ3v) is 4.05. The smallest absolute Gasteiger partial charge is 0.128 e. The van der Waals surface area contributed by atoms with Crippen LogP contribution in [0, 0.1) is 0 Å². The molecule has 2 aromatic rings. The van der Waals surface area contributed by atoms with Crippen molar-refractivity contribution in [1.29, 1.82) is 0 Å². The van der Waals surface area contributed by atoms with Gasteiger partial charge in [-0.15, -0.1) is 0 Å². The molecule has 0 aromatic heterocycles. The van der Waals surface area contributed by atoms with E-state index in [4.69, 9.17) is 38.4 Å². The van der Waals surface area contributed by atoms with Crippen molar-refractivity contribution in [2.24, 2.45) is 5.73 Å². The van der Waals surface area contributed by atoms with E-state index in [0.717, 1.165) is 22.6 Å². The second-order valence-electron chi connectivity index (χ2n) is 5.06. The molecule has 3 nitrogen and oxygen atoms in total. The summed E-state index contributed by atoms with van der Waals surface area (Å²) in [6.45, 7) is 0. The Kier molecular flexibility index (Phi) is 3.98. The van der Waals surface area contributed by atoms with Crippen LogP contribution in [0.25, 0.3) is 0 Å². The largest absolute Gasteiger partial charge is 0.497 e. The van der Waals surface area contributed by atoms with E-state index in [1.165, 1.54) is 0 Å². The van der Waals surface area contributed by atoms with Crippen LogP contribution in [-0.4, -0.2) is 7.11 Å². The molecule has 3 rings (SSSR count). The monoisotopic (exact) mass is 323 g/mol. The first-order chi connectivity index (χ1) is 10.1. The summed E-state index contributed by atoms with van der Waals surface area (Å²) in [6, 6.07) is 11.0. The van der Waals surface area contributed by atoms with Crippen LogP contribution in [0.2, 0.25) is 10.0 Å². The molecule has 2 N–H and O–H groups in total. The van der Waals surface area contributed by atoms with Crippen LogP contribution in [0.1, 0.15) is 29.7 Å². The topological polar surface area (TPSA) is 44.5 Å². The van der Waals surface area contributed by atoms with Gasteiger partial charge in [-0.25, -0.2) is 0 Å². The van der Waals surface area contributed by atoms with E-state index in [1.54, 1.807) is 13.2 Å². The number of fused-ring (bicyclic) bond motifs is 1. The summed E-state index contributed by atoms with van der Waals surface area (Å²) in [5.41, 5.74) is 8.17. The second kappa shape index (κ2) is 5.76. The number of methoxy groups -OCH3 is 1. The van der Waals surface area contributed by atoms with Gasteiger partial charge < -0.3 is 15.2 Å². The summed E-state index contributed by atoms with van der Waals surface area (Å²) >= 11 is 12.1. The van der Waals surface area contributed by atoms with E-state index < -0.39 is 0 Å². The summed E-state index contributed by atoms with van der Waals surface area (Å²) in [7, 11) is 1.62. The third-order valence-electron chi connectivity index (χ3n) is 3.61. The molecule has 0 saturated heterocycles. The van der Waals surface area contributed by atoms with Crippen LogP contribution in [-0.2, 0) is 0 Å². The maximum Gasteiger partial charge on any atom is 0.128 e. The third kappa shape index (κ3) is 2.95. The van der Waals surface area contributed by atoms with Crippen molar-refractivity contribution in [3.8, 4) is 11.5 Å². The molecule has 0 bridgehead atoms. The van der Waals surface area contributed by atoms with Crippen molar-refractivity contribution in [3.63, 3.8) is 0 Å². The first-order valence-corrected chi connectivity index (χ1v) is 7.38. The van der Waals surface area contributed by atoms with Gasteiger partial charge in [0.15, 0.2) is 0 Å². The first-order valence-electron chi connectivity index (χ1n) is 6.63. The molecule has 2 aromatic carbocycles. The molecule has 1 aliphatic heterocycles. The van der Waals surface area contributed by atoms with Crippen molar-refractivity contribution >= 4 is 23.2 Å². The molecule has 0 saturated carbocycles. The second-order valence-corrected chi connectivity index (χ2v) is 5.93. The molecule has 2 atom stereocenters. The van der Waals surface area contributed by atoms with E-state index in [9.17, 15) is 0 Å². The minimum absolute atomic E-state index is 0.0950. The lowest BCUT2D eigenvalue weighted by atomic mass is 9.93. The number of ether oxygens (including phenoxy) is 2. The quantitative estimate of drug-likeness (QED) is 0.883. The van der Waals surface area contributed by atoms with Crippen molar-refractivity contribution < 1.29 is 9.47 Å². The summed E-state index contributed by atoms with van der Waals surface area (Å²) < 4.78 is 11.3. The van der Waals surface area contributed by atoms with Gasteiger partial charge in [0.2, 0.25) is 0 Å². The van der Waals surface area contributed by atoms with Crippen LogP contribution >= 0.6 is 23.2 Å². The Labute approximate surface area is 133 Å². The standard InChI is InChI=1S/C16H15Cl2NO2/c1-20-12-2-3-13-14(19)8-15(21-16(13)7-12)9-4-10(17)6-11(18)5-9/h2-7,14-15H,8,19H2,1H3. The maximum atomic E-state index is 6.25. The lowest BCUT2D eigenvalue weighted by Crippen LogP contribution is -2.24.